The minimum atomic E-state index is -1.55. The van der Waals surface area contributed by atoms with E-state index in [1.165, 1.54) is 28.4 Å². The summed E-state index contributed by atoms with van der Waals surface area (Å²) in [6.45, 7) is 5.36. The maximum absolute atomic E-state index is 6.22. The fourth-order valence-electron chi connectivity index (χ4n) is 3.72. The molecule has 0 rings (SSSR count). The third-order valence-corrected chi connectivity index (χ3v) is 8.91. The molecule has 2 unspecified atom stereocenters. The highest BCUT2D eigenvalue weighted by atomic mass is 28.2. The van der Waals surface area contributed by atoms with Crippen molar-refractivity contribution in [1.82, 2.24) is 5.32 Å². The number of ether oxygens (including phenoxy) is 8. The van der Waals surface area contributed by atoms with E-state index in [0.717, 1.165) is 51.4 Å². The first-order valence-electron chi connectivity index (χ1n) is 12.1. The summed E-state index contributed by atoms with van der Waals surface area (Å²) in [5, 5.41) is 3.25. The molecule has 0 aliphatic carbocycles. The van der Waals surface area contributed by atoms with E-state index in [9.17, 15) is 0 Å². The van der Waals surface area contributed by atoms with Crippen LogP contribution >= 0.6 is 0 Å². The molecule has 9 nitrogen and oxygen atoms in total. The van der Waals surface area contributed by atoms with Gasteiger partial charge in [-0.2, -0.15) is 0 Å². The van der Waals surface area contributed by atoms with Gasteiger partial charge in [-0.3, -0.25) is 0 Å². The first-order valence-corrected chi connectivity index (χ1v) is 14.1. The van der Waals surface area contributed by atoms with Crippen LogP contribution in [0.25, 0.3) is 0 Å². The van der Waals surface area contributed by atoms with E-state index in [2.05, 4.69) is 19.2 Å². The molecule has 0 bridgehead atoms. The fourth-order valence-corrected chi connectivity index (χ4v) is 5.20. The van der Waals surface area contributed by atoms with Crippen molar-refractivity contribution in [2.75, 3.05) is 55.9 Å². The van der Waals surface area contributed by atoms with Crippen molar-refractivity contribution < 1.29 is 37.9 Å². The van der Waals surface area contributed by atoms with Gasteiger partial charge in [-0.05, 0) is 12.8 Å². The Morgan fingerprint density at radius 1 is 0.515 bits per heavy atom. The summed E-state index contributed by atoms with van der Waals surface area (Å²) in [6, 6.07) is 0. The van der Waals surface area contributed by atoms with E-state index >= 15 is 0 Å². The minimum absolute atomic E-state index is 0.417. The first kappa shape index (κ1) is 33.1. The lowest BCUT2D eigenvalue weighted by atomic mass is 10.2. The van der Waals surface area contributed by atoms with E-state index in [4.69, 9.17) is 37.9 Å². The zero-order valence-electron chi connectivity index (χ0n) is 22.8. The number of methoxy groups -OCH3 is 6. The lowest BCUT2D eigenvalue weighted by Crippen LogP contribution is -2.79. The molecule has 200 valence electrons. The molecule has 0 aromatic rings. The predicted octanol–water partition coefficient (Wildman–Crippen LogP) is 0.994. The Balaban J connectivity index is 5.87. The number of hydrogen-bond donors (Lipinski definition) is 1. The van der Waals surface area contributed by atoms with Crippen molar-refractivity contribution in [3.05, 3.63) is 0 Å². The number of unbranched alkanes of at least 4 members (excludes halogenated alkanes) is 6. The van der Waals surface area contributed by atoms with Gasteiger partial charge in [0, 0.05) is 55.9 Å². The van der Waals surface area contributed by atoms with Crippen molar-refractivity contribution in [3.8, 4) is 0 Å². The van der Waals surface area contributed by atoms with Gasteiger partial charge in [-0.25, -0.2) is 5.32 Å². The Kier molecular flexibility index (Phi) is 16.7. The van der Waals surface area contributed by atoms with Crippen LogP contribution < -0.4 is 5.32 Å². The molecule has 2 atom stereocenters. The molecule has 0 aromatic heterocycles. The van der Waals surface area contributed by atoms with Crippen LogP contribution in [0.4, 0.5) is 0 Å². The molecule has 33 heavy (non-hydrogen) atoms. The monoisotopic (exact) mass is 513 g/mol. The topological polar surface area (TPSA) is 85.9 Å². The maximum atomic E-state index is 6.22. The van der Waals surface area contributed by atoms with E-state index in [-0.39, 0.29) is 0 Å². The second kappa shape index (κ2) is 16.7. The lowest BCUT2D eigenvalue weighted by molar-refractivity contribution is -0.438. The van der Waals surface area contributed by atoms with Crippen LogP contribution in [-0.2, 0) is 37.9 Å². The molecule has 11 heteroatoms. The van der Waals surface area contributed by atoms with Crippen LogP contribution in [0.1, 0.15) is 65.2 Å². The highest BCUT2D eigenvalue weighted by molar-refractivity contribution is 6.14. The van der Waals surface area contributed by atoms with Gasteiger partial charge in [0.2, 0.25) is 10.8 Å². The maximum Gasteiger partial charge on any atom is 0.282 e. The van der Waals surface area contributed by atoms with Crippen LogP contribution in [0.3, 0.4) is 0 Å². The molecule has 0 saturated carbocycles. The average Bonchev–Trinajstić information content (AvgIpc) is 2.84. The van der Waals surface area contributed by atoms with E-state index in [1.807, 2.05) is 0 Å². The zero-order valence-corrected chi connectivity index (χ0v) is 26.8. The van der Waals surface area contributed by atoms with Gasteiger partial charge in [-0.15, -0.1) is 0 Å². The highest BCUT2D eigenvalue weighted by Crippen LogP contribution is 2.35. The van der Waals surface area contributed by atoms with Crippen LogP contribution in [0.15, 0.2) is 0 Å². The summed E-state index contributed by atoms with van der Waals surface area (Å²) in [5.74, 6) is -3.10. The van der Waals surface area contributed by atoms with E-state index < -0.39 is 22.6 Å². The van der Waals surface area contributed by atoms with Gasteiger partial charge in [0.1, 0.15) is 0 Å². The summed E-state index contributed by atoms with van der Waals surface area (Å²) < 4.78 is 47.6. The van der Waals surface area contributed by atoms with Crippen molar-refractivity contribution in [2.45, 2.75) is 87.9 Å². The zero-order chi connectivity index (χ0) is 25.4. The van der Waals surface area contributed by atoms with Gasteiger partial charge in [-0.1, -0.05) is 52.4 Å². The Morgan fingerprint density at radius 3 is 1.09 bits per heavy atom. The van der Waals surface area contributed by atoms with Crippen LogP contribution in [0, 0.1) is 0 Å². The summed E-state index contributed by atoms with van der Waals surface area (Å²) >= 11 is 0. The molecule has 0 aliphatic heterocycles. The molecule has 0 radical (unpaired) electrons. The SMILES string of the molecule is CCCCCCOC([SiH3])(OC)C(NC(OC)(OC)C([SiH3])(OC)OCCCCCC)(OC)OC. The number of rotatable bonds is 22. The number of hydrogen-bond acceptors (Lipinski definition) is 9. The van der Waals surface area contributed by atoms with Gasteiger partial charge in [0.05, 0.1) is 20.5 Å². The van der Waals surface area contributed by atoms with E-state index in [1.54, 1.807) is 14.2 Å². The Bertz CT molecular complexity index is 455. The second-order valence-corrected chi connectivity index (χ2v) is 10.9. The largest absolute Gasteiger partial charge is 0.352 e. The van der Waals surface area contributed by atoms with Crippen LogP contribution in [0.5, 0.6) is 0 Å². The van der Waals surface area contributed by atoms with Crippen molar-refractivity contribution in [3.63, 3.8) is 0 Å². The van der Waals surface area contributed by atoms with Crippen LogP contribution in [-0.4, -0.2) is 99.0 Å². The summed E-state index contributed by atoms with van der Waals surface area (Å²) in [6.07, 6.45) is 8.60. The molecule has 0 amide bonds. The lowest BCUT2D eigenvalue weighted by Gasteiger charge is -2.52. The summed E-state index contributed by atoms with van der Waals surface area (Å²) in [7, 11) is 10.1. The standard InChI is InChI=1S/C22H51NO8Si2/c1-9-11-13-15-17-30-21(32,28-7)19(24-3,25-4)23-20(26-5,27-6)22(33,29-8)31-18-16-14-12-10-2/h23H,9-18H2,1-8,32-33H3. The van der Waals surface area contributed by atoms with Crippen molar-refractivity contribution >= 4 is 20.5 Å². The minimum Gasteiger partial charge on any atom is -0.352 e. The normalized spacial score (nSPS) is 16.7. The molecule has 0 aromatic carbocycles. The van der Waals surface area contributed by atoms with Gasteiger partial charge in [0.25, 0.3) is 11.8 Å². The van der Waals surface area contributed by atoms with Gasteiger partial charge >= 0.3 is 0 Å². The third kappa shape index (κ3) is 8.60. The number of nitrogens with one attached hydrogen (secondary N) is 1. The summed E-state index contributed by atoms with van der Waals surface area (Å²) in [5.41, 5.74) is -2.41. The molecule has 0 saturated heterocycles. The predicted molar refractivity (Wildman–Crippen MR) is 136 cm³/mol. The van der Waals surface area contributed by atoms with E-state index in [0.29, 0.717) is 33.7 Å². The Morgan fingerprint density at radius 2 is 0.848 bits per heavy atom. The Hall–Kier alpha value is 0.0738. The molecule has 0 spiro atoms. The molecular weight excluding hydrogens is 462 g/mol. The molecule has 0 heterocycles. The van der Waals surface area contributed by atoms with Crippen LogP contribution in [0.2, 0.25) is 0 Å². The summed E-state index contributed by atoms with van der Waals surface area (Å²) in [4.78, 5) is 0. The molecule has 0 fully saturated rings. The third-order valence-electron chi connectivity index (χ3n) is 6.20. The van der Waals surface area contributed by atoms with Crippen molar-refractivity contribution in [1.29, 1.82) is 0 Å². The average molecular weight is 514 g/mol. The fraction of sp³-hybridized carbons (Fsp3) is 1.00. The Labute approximate surface area is 207 Å². The first-order chi connectivity index (χ1) is 15.7. The van der Waals surface area contributed by atoms with Crippen molar-refractivity contribution in [2.24, 2.45) is 0 Å². The molecular formula is C22H51NO8Si2. The van der Waals surface area contributed by atoms with Gasteiger partial charge in [0.15, 0.2) is 0 Å². The smallest absolute Gasteiger partial charge is 0.282 e. The molecule has 0 aliphatic rings. The highest BCUT2D eigenvalue weighted by Gasteiger charge is 2.62. The second-order valence-electron chi connectivity index (χ2n) is 8.29. The molecule has 1 N–H and O–H groups in total. The quantitative estimate of drug-likeness (QED) is 0.129. The van der Waals surface area contributed by atoms with Gasteiger partial charge < -0.3 is 37.9 Å².